The van der Waals surface area contributed by atoms with Crippen molar-refractivity contribution in [2.75, 3.05) is 6.54 Å². The van der Waals surface area contributed by atoms with E-state index in [1.165, 1.54) is 11.4 Å². The average molecular weight is 164 g/mol. The van der Waals surface area contributed by atoms with Gasteiger partial charge in [0.25, 0.3) is 0 Å². The number of rotatable bonds is 3. The molecule has 2 nitrogen and oxygen atoms in total. The zero-order valence-electron chi connectivity index (χ0n) is 7.75. The predicted octanol–water partition coefficient (Wildman–Crippen LogP) is 1.62. The molecule has 0 fully saturated rings. The summed E-state index contributed by atoms with van der Waals surface area (Å²) in [6, 6.07) is 4.26. The monoisotopic (exact) mass is 164 g/mol. The van der Waals surface area contributed by atoms with E-state index in [2.05, 4.69) is 36.6 Å². The number of nitrogens with two attached hydrogens (primary N) is 1. The normalized spacial score (nSPS) is 11.2. The second-order valence-corrected chi connectivity index (χ2v) is 2.93. The zero-order valence-corrected chi connectivity index (χ0v) is 7.75. The Bertz CT molecular complexity index is 252. The molecule has 0 aliphatic heterocycles. The molecule has 1 heterocycles. The van der Waals surface area contributed by atoms with Gasteiger partial charge in [0.05, 0.1) is 0 Å². The van der Waals surface area contributed by atoms with Crippen molar-refractivity contribution in [3.05, 3.63) is 35.7 Å². The lowest BCUT2D eigenvalue weighted by Gasteiger charge is -2.04. The van der Waals surface area contributed by atoms with Gasteiger partial charge in [-0.1, -0.05) is 12.2 Å². The lowest BCUT2D eigenvalue weighted by atomic mass is 10.4. The van der Waals surface area contributed by atoms with Crippen molar-refractivity contribution in [1.29, 1.82) is 0 Å². The van der Waals surface area contributed by atoms with E-state index < -0.39 is 0 Å². The van der Waals surface area contributed by atoms with Gasteiger partial charge in [-0.3, -0.25) is 0 Å². The molecule has 0 aliphatic rings. The first-order valence-corrected chi connectivity index (χ1v) is 4.23. The van der Waals surface area contributed by atoms with Crippen LogP contribution in [0.3, 0.4) is 0 Å². The third-order valence-electron chi connectivity index (χ3n) is 2.01. The van der Waals surface area contributed by atoms with Crippen LogP contribution in [0.5, 0.6) is 0 Å². The minimum absolute atomic E-state index is 0.624. The summed E-state index contributed by atoms with van der Waals surface area (Å²) < 4.78 is 2.26. The molecule has 0 bridgehead atoms. The van der Waals surface area contributed by atoms with Crippen LogP contribution in [0, 0.1) is 13.8 Å². The third kappa shape index (κ3) is 1.98. The van der Waals surface area contributed by atoms with E-state index in [4.69, 9.17) is 5.73 Å². The maximum Gasteiger partial charge on any atom is 0.0405 e. The standard InChI is InChI=1S/C10H16N2/c1-9-5-6-10(2)12(9)8-4-3-7-11/h3-6H,7-8,11H2,1-2H3/b4-3+. The molecular formula is C10H16N2. The van der Waals surface area contributed by atoms with Crippen molar-refractivity contribution in [1.82, 2.24) is 4.57 Å². The Morgan fingerprint density at radius 3 is 2.33 bits per heavy atom. The molecule has 2 heteroatoms. The highest BCUT2D eigenvalue weighted by molar-refractivity contribution is 5.14. The SMILES string of the molecule is Cc1ccc(C)n1C/C=C/CN. The summed E-state index contributed by atoms with van der Waals surface area (Å²) in [5.41, 5.74) is 7.95. The molecular weight excluding hydrogens is 148 g/mol. The number of aryl methyl sites for hydroxylation is 2. The van der Waals surface area contributed by atoms with Gasteiger partial charge in [-0.15, -0.1) is 0 Å². The summed E-state index contributed by atoms with van der Waals surface area (Å²) in [7, 11) is 0. The molecule has 0 unspecified atom stereocenters. The number of allylic oxidation sites excluding steroid dienone is 1. The fourth-order valence-corrected chi connectivity index (χ4v) is 1.26. The van der Waals surface area contributed by atoms with Gasteiger partial charge in [-0.05, 0) is 26.0 Å². The Morgan fingerprint density at radius 1 is 1.25 bits per heavy atom. The highest BCUT2D eigenvalue weighted by Crippen LogP contribution is 2.06. The molecule has 0 spiro atoms. The van der Waals surface area contributed by atoms with Crippen LogP contribution in [0.4, 0.5) is 0 Å². The summed E-state index contributed by atoms with van der Waals surface area (Å²) in [6.45, 7) is 5.79. The van der Waals surface area contributed by atoms with E-state index in [0.717, 1.165) is 6.54 Å². The van der Waals surface area contributed by atoms with E-state index in [1.807, 2.05) is 6.08 Å². The molecule has 0 saturated heterocycles. The predicted molar refractivity (Wildman–Crippen MR) is 52.1 cm³/mol. The summed E-state index contributed by atoms with van der Waals surface area (Å²) >= 11 is 0. The van der Waals surface area contributed by atoms with Crippen LogP contribution in [0.25, 0.3) is 0 Å². The van der Waals surface area contributed by atoms with Crippen LogP contribution in [0.2, 0.25) is 0 Å². The largest absolute Gasteiger partial charge is 0.345 e. The summed E-state index contributed by atoms with van der Waals surface area (Å²) in [6.07, 6.45) is 4.08. The topological polar surface area (TPSA) is 30.9 Å². The third-order valence-corrected chi connectivity index (χ3v) is 2.01. The van der Waals surface area contributed by atoms with Gasteiger partial charge in [0, 0.05) is 24.5 Å². The molecule has 0 atom stereocenters. The van der Waals surface area contributed by atoms with Crippen molar-refractivity contribution in [3.63, 3.8) is 0 Å². The van der Waals surface area contributed by atoms with Crippen LogP contribution in [-0.2, 0) is 6.54 Å². The Kier molecular flexibility index (Phi) is 3.11. The molecule has 1 aromatic heterocycles. The lowest BCUT2D eigenvalue weighted by molar-refractivity contribution is 0.766. The van der Waals surface area contributed by atoms with E-state index >= 15 is 0 Å². The highest BCUT2D eigenvalue weighted by atomic mass is 15.0. The van der Waals surface area contributed by atoms with Crippen LogP contribution in [-0.4, -0.2) is 11.1 Å². The first-order valence-electron chi connectivity index (χ1n) is 4.23. The van der Waals surface area contributed by atoms with E-state index in [-0.39, 0.29) is 0 Å². The summed E-state index contributed by atoms with van der Waals surface area (Å²) in [4.78, 5) is 0. The Morgan fingerprint density at radius 2 is 1.83 bits per heavy atom. The van der Waals surface area contributed by atoms with Gasteiger partial charge in [0.1, 0.15) is 0 Å². The molecule has 0 aromatic carbocycles. The van der Waals surface area contributed by atoms with Crippen LogP contribution < -0.4 is 5.73 Å². The minimum Gasteiger partial charge on any atom is -0.345 e. The van der Waals surface area contributed by atoms with Crippen molar-refractivity contribution in [3.8, 4) is 0 Å². The molecule has 12 heavy (non-hydrogen) atoms. The Balaban J connectivity index is 2.67. The van der Waals surface area contributed by atoms with Crippen molar-refractivity contribution >= 4 is 0 Å². The Labute approximate surface area is 73.7 Å². The second-order valence-electron chi connectivity index (χ2n) is 2.93. The van der Waals surface area contributed by atoms with Gasteiger partial charge < -0.3 is 10.3 Å². The highest BCUT2D eigenvalue weighted by Gasteiger charge is 1.96. The van der Waals surface area contributed by atoms with E-state index in [9.17, 15) is 0 Å². The molecule has 1 aromatic rings. The average Bonchev–Trinajstić information content (AvgIpc) is 2.35. The lowest BCUT2D eigenvalue weighted by Crippen LogP contribution is -2.00. The minimum atomic E-state index is 0.624. The van der Waals surface area contributed by atoms with E-state index in [1.54, 1.807) is 0 Å². The van der Waals surface area contributed by atoms with Crippen LogP contribution >= 0.6 is 0 Å². The molecule has 0 aliphatic carbocycles. The Hall–Kier alpha value is -1.02. The molecule has 0 saturated carbocycles. The maximum atomic E-state index is 5.35. The first kappa shape index (κ1) is 9.07. The summed E-state index contributed by atoms with van der Waals surface area (Å²) in [5, 5.41) is 0. The van der Waals surface area contributed by atoms with Crippen LogP contribution in [0.1, 0.15) is 11.4 Å². The second kappa shape index (κ2) is 4.12. The maximum absolute atomic E-state index is 5.35. The number of hydrogen-bond acceptors (Lipinski definition) is 1. The quantitative estimate of drug-likeness (QED) is 0.676. The van der Waals surface area contributed by atoms with E-state index in [0.29, 0.717) is 6.54 Å². The zero-order chi connectivity index (χ0) is 8.97. The molecule has 2 N–H and O–H groups in total. The number of nitrogens with zero attached hydrogens (tertiary/aromatic N) is 1. The van der Waals surface area contributed by atoms with Gasteiger partial charge in [-0.2, -0.15) is 0 Å². The molecule has 0 amide bonds. The smallest absolute Gasteiger partial charge is 0.0405 e. The molecule has 66 valence electrons. The van der Waals surface area contributed by atoms with Gasteiger partial charge in [-0.25, -0.2) is 0 Å². The number of hydrogen-bond donors (Lipinski definition) is 1. The first-order chi connectivity index (χ1) is 5.75. The van der Waals surface area contributed by atoms with Gasteiger partial charge in [0.2, 0.25) is 0 Å². The summed E-state index contributed by atoms with van der Waals surface area (Å²) in [5.74, 6) is 0. The van der Waals surface area contributed by atoms with Gasteiger partial charge >= 0.3 is 0 Å². The fourth-order valence-electron chi connectivity index (χ4n) is 1.26. The molecule has 1 rings (SSSR count). The van der Waals surface area contributed by atoms with Crippen molar-refractivity contribution in [2.24, 2.45) is 5.73 Å². The van der Waals surface area contributed by atoms with Crippen molar-refractivity contribution < 1.29 is 0 Å². The van der Waals surface area contributed by atoms with Crippen molar-refractivity contribution in [2.45, 2.75) is 20.4 Å². The number of aromatic nitrogens is 1. The van der Waals surface area contributed by atoms with Gasteiger partial charge in [0.15, 0.2) is 0 Å². The fraction of sp³-hybridized carbons (Fsp3) is 0.400. The molecule has 0 radical (unpaired) electrons. The van der Waals surface area contributed by atoms with Crippen LogP contribution in [0.15, 0.2) is 24.3 Å².